The summed E-state index contributed by atoms with van der Waals surface area (Å²) in [6.45, 7) is 7.90. The molecule has 2 atom stereocenters. The molecule has 3 heteroatoms. The lowest BCUT2D eigenvalue weighted by atomic mass is 10.0. The Morgan fingerprint density at radius 3 is 2.08 bits per heavy atom. The first kappa shape index (κ1) is 12.9. The van der Waals surface area contributed by atoms with E-state index in [1.54, 1.807) is 6.92 Å². The smallest absolute Gasteiger partial charge is 0.0636 e. The van der Waals surface area contributed by atoms with Gasteiger partial charge >= 0.3 is 0 Å². The molecule has 0 heterocycles. The third-order valence-corrected chi connectivity index (χ3v) is 2.04. The van der Waals surface area contributed by atoms with Crippen molar-refractivity contribution in [2.45, 2.75) is 32.9 Å². The highest BCUT2D eigenvalue weighted by Gasteiger charge is 2.13. The van der Waals surface area contributed by atoms with E-state index in [9.17, 15) is 0 Å². The topological polar surface area (TPSA) is 35.5 Å². The summed E-state index contributed by atoms with van der Waals surface area (Å²) in [5, 5.41) is 12.5. The highest BCUT2D eigenvalue weighted by atomic mass is 16.3. The Kier molecular flexibility index (Phi) is 6.29. The Labute approximate surface area is 82.1 Å². The average molecular weight is 188 g/mol. The summed E-state index contributed by atoms with van der Waals surface area (Å²) in [6.07, 6.45) is -0.261. The molecular formula is C10H24N2O. The molecule has 0 aliphatic rings. The minimum Gasteiger partial charge on any atom is -0.392 e. The quantitative estimate of drug-likeness (QED) is 0.639. The number of hydrogen-bond acceptors (Lipinski definition) is 3. The number of likely N-dealkylation sites (N-methyl/N-ethyl adjacent to an activating group) is 1. The van der Waals surface area contributed by atoms with Crippen molar-refractivity contribution in [1.29, 1.82) is 0 Å². The van der Waals surface area contributed by atoms with Gasteiger partial charge in [-0.25, -0.2) is 0 Å². The molecule has 0 radical (unpaired) electrons. The SMILES string of the molecule is CC(C)C(CN(C)C)NC[C@@H](C)O. The molecule has 0 bridgehead atoms. The van der Waals surface area contributed by atoms with Crippen LogP contribution in [0.15, 0.2) is 0 Å². The van der Waals surface area contributed by atoms with Gasteiger partial charge in [-0.1, -0.05) is 13.8 Å². The zero-order chi connectivity index (χ0) is 10.4. The second kappa shape index (κ2) is 6.35. The van der Waals surface area contributed by atoms with Crippen molar-refractivity contribution in [3.05, 3.63) is 0 Å². The minimum atomic E-state index is -0.261. The van der Waals surface area contributed by atoms with E-state index in [0.717, 1.165) is 6.54 Å². The van der Waals surface area contributed by atoms with E-state index in [-0.39, 0.29) is 6.10 Å². The fourth-order valence-corrected chi connectivity index (χ4v) is 1.23. The third-order valence-electron chi connectivity index (χ3n) is 2.04. The Hall–Kier alpha value is -0.120. The van der Waals surface area contributed by atoms with Crippen LogP contribution in [0.25, 0.3) is 0 Å². The molecule has 13 heavy (non-hydrogen) atoms. The molecular weight excluding hydrogens is 164 g/mol. The summed E-state index contributed by atoms with van der Waals surface area (Å²) in [5.74, 6) is 0.598. The van der Waals surface area contributed by atoms with E-state index in [1.165, 1.54) is 0 Å². The first-order chi connectivity index (χ1) is 5.93. The zero-order valence-corrected chi connectivity index (χ0v) is 9.54. The molecule has 2 N–H and O–H groups in total. The first-order valence-corrected chi connectivity index (χ1v) is 4.99. The van der Waals surface area contributed by atoms with E-state index in [0.29, 0.717) is 18.5 Å². The number of rotatable bonds is 6. The van der Waals surface area contributed by atoms with Crippen LogP contribution in [0, 0.1) is 5.92 Å². The van der Waals surface area contributed by atoms with E-state index in [1.807, 2.05) is 0 Å². The second-order valence-electron chi connectivity index (χ2n) is 4.37. The largest absolute Gasteiger partial charge is 0.392 e. The van der Waals surface area contributed by atoms with Crippen LogP contribution in [0.1, 0.15) is 20.8 Å². The van der Waals surface area contributed by atoms with Crippen molar-refractivity contribution in [1.82, 2.24) is 10.2 Å². The van der Waals surface area contributed by atoms with Gasteiger partial charge in [0.1, 0.15) is 0 Å². The van der Waals surface area contributed by atoms with Gasteiger partial charge < -0.3 is 15.3 Å². The number of aliphatic hydroxyl groups excluding tert-OH is 1. The van der Waals surface area contributed by atoms with Gasteiger partial charge in [-0.3, -0.25) is 0 Å². The van der Waals surface area contributed by atoms with Crippen LogP contribution in [0.2, 0.25) is 0 Å². The third kappa shape index (κ3) is 6.99. The summed E-state index contributed by atoms with van der Waals surface area (Å²) in [5.41, 5.74) is 0. The van der Waals surface area contributed by atoms with Crippen LogP contribution in [0.5, 0.6) is 0 Å². The Morgan fingerprint density at radius 2 is 1.77 bits per heavy atom. The standard InChI is InChI=1S/C10H24N2O/c1-8(2)10(7-12(4)5)11-6-9(3)13/h8-11,13H,6-7H2,1-5H3/t9-,10?/m1/s1. The van der Waals surface area contributed by atoms with Crippen molar-refractivity contribution in [2.24, 2.45) is 5.92 Å². The fraction of sp³-hybridized carbons (Fsp3) is 1.00. The van der Waals surface area contributed by atoms with E-state index < -0.39 is 0 Å². The lowest BCUT2D eigenvalue weighted by Gasteiger charge is -2.26. The monoisotopic (exact) mass is 188 g/mol. The molecule has 0 aliphatic carbocycles. The molecule has 0 aromatic heterocycles. The van der Waals surface area contributed by atoms with E-state index in [4.69, 9.17) is 5.11 Å². The Bertz CT molecular complexity index is 124. The van der Waals surface area contributed by atoms with Crippen LogP contribution in [0.3, 0.4) is 0 Å². The summed E-state index contributed by atoms with van der Waals surface area (Å²) in [6, 6.07) is 0.463. The predicted octanol–water partition coefficient (Wildman–Crippen LogP) is 0.543. The molecule has 0 amide bonds. The highest BCUT2D eigenvalue weighted by Crippen LogP contribution is 2.02. The van der Waals surface area contributed by atoms with Crippen LogP contribution in [-0.4, -0.2) is 49.3 Å². The normalized spacial score (nSPS) is 16.6. The number of nitrogens with zero attached hydrogens (tertiary/aromatic N) is 1. The Balaban J connectivity index is 3.81. The average Bonchev–Trinajstić information content (AvgIpc) is 1.96. The van der Waals surface area contributed by atoms with Gasteiger partial charge in [0.05, 0.1) is 6.10 Å². The van der Waals surface area contributed by atoms with Gasteiger partial charge in [-0.05, 0) is 26.9 Å². The van der Waals surface area contributed by atoms with Crippen molar-refractivity contribution in [3.8, 4) is 0 Å². The molecule has 0 spiro atoms. The van der Waals surface area contributed by atoms with Crippen LogP contribution in [0.4, 0.5) is 0 Å². The number of hydrogen-bond donors (Lipinski definition) is 2. The predicted molar refractivity (Wildman–Crippen MR) is 56.9 cm³/mol. The molecule has 0 aliphatic heterocycles. The summed E-state index contributed by atoms with van der Waals surface area (Å²) in [4.78, 5) is 2.17. The molecule has 0 saturated carbocycles. The van der Waals surface area contributed by atoms with Gasteiger partial charge in [-0.2, -0.15) is 0 Å². The lowest BCUT2D eigenvalue weighted by molar-refractivity contribution is 0.175. The van der Waals surface area contributed by atoms with Crippen LogP contribution < -0.4 is 5.32 Å². The van der Waals surface area contributed by atoms with Gasteiger partial charge in [0.25, 0.3) is 0 Å². The second-order valence-corrected chi connectivity index (χ2v) is 4.37. The van der Waals surface area contributed by atoms with Crippen molar-refractivity contribution in [2.75, 3.05) is 27.2 Å². The highest BCUT2D eigenvalue weighted by molar-refractivity contribution is 4.73. The van der Waals surface area contributed by atoms with E-state index >= 15 is 0 Å². The zero-order valence-electron chi connectivity index (χ0n) is 9.54. The van der Waals surface area contributed by atoms with Crippen molar-refractivity contribution < 1.29 is 5.11 Å². The lowest BCUT2D eigenvalue weighted by Crippen LogP contribution is -2.44. The maximum Gasteiger partial charge on any atom is 0.0636 e. The van der Waals surface area contributed by atoms with Crippen LogP contribution in [-0.2, 0) is 0 Å². The molecule has 1 unspecified atom stereocenters. The molecule has 80 valence electrons. The minimum absolute atomic E-state index is 0.261. The molecule has 0 fully saturated rings. The summed E-state index contributed by atoms with van der Waals surface area (Å²) in [7, 11) is 4.14. The van der Waals surface area contributed by atoms with Crippen molar-refractivity contribution >= 4 is 0 Å². The molecule has 0 rings (SSSR count). The van der Waals surface area contributed by atoms with Gasteiger partial charge in [-0.15, -0.1) is 0 Å². The number of nitrogens with one attached hydrogen (secondary N) is 1. The van der Waals surface area contributed by atoms with Gasteiger partial charge in [0, 0.05) is 19.1 Å². The summed E-state index contributed by atoms with van der Waals surface area (Å²) >= 11 is 0. The molecule has 0 aromatic carbocycles. The molecule has 0 saturated heterocycles. The fourth-order valence-electron chi connectivity index (χ4n) is 1.23. The molecule has 0 aromatic rings. The maximum absolute atomic E-state index is 9.14. The number of aliphatic hydroxyl groups is 1. The Morgan fingerprint density at radius 1 is 1.23 bits per heavy atom. The van der Waals surface area contributed by atoms with Crippen molar-refractivity contribution in [3.63, 3.8) is 0 Å². The van der Waals surface area contributed by atoms with Gasteiger partial charge in [0.2, 0.25) is 0 Å². The van der Waals surface area contributed by atoms with Gasteiger partial charge in [0.15, 0.2) is 0 Å². The molecule has 3 nitrogen and oxygen atoms in total. The maximum atomic E-state index is 9.14. The van der Waals surface area contributed by atoms with E-state index in [2.05, 4.69) is 38.2 Å². The van der Waals surface area contributed by atoms with Crippen LogP contribution >= 0.6 is 0 Å². The summed E-state index contributed by atoms with van der Waals surface area (Å²) < 4.78 is 0. The first-order valence-electron chi connectivity index (χ1n) is 4.99.